The first-order valence-corrected chi connectivity index (χ1v) is 10.9. The summed E-state index contributed by atoms with van der Waals surface area (Å²) < 4.78 is 28.6. The van der Waals surface area contributed by atoms with Crippen molar-refractivity contribution in [2.75, 3.05) is 10.0 Å². The van der Waals surface area contributed by atoms with Crippen molar-refractivity contribution in [2.45, 2.75) is 32.1 Å². The molecular weight excluding hydrogens is 382 g/mol. The molecule has 3 rings (SSSR count). The second kappa shape index (κ2) is 7.66. The van der Waals surface area contributed by atoms with Crippen LogP contribution in [0, 0.1) is 5.92 Å². The number of aryl methyl sites for hydroxylation is 1. The maximum atomic E-state index is 12.6. The van der Waals surface area contributed by atoms with Gasteiger partial charge in [0.05, 0.1) is 20.8 Å². The summed E-state index contributed by atoms with van der Waals surface area (Å²) in [4.78, 5) is 16.4. The lowest BCUT2D eigenvalue weighted by Gasteiger charge is -2.08. The molecule has 0 aliphatic rings. The zero-order valence-corrected chi connectivity index (χ0v) is 16.9. The summed E-state index contributed by atoms with van der Waals surface area (Å²) in [5.74, 6) is -0.246. The van der Waals surface area contributed by atoms with Crippen LogP contribution in [-0.2, 0) is 21.2 Å². The molecule has 142 valence electrons. The fourth-order valence-corrected chi connectivity index (χ4v) is 4.31. The van der Waals surface area contributed by atoms with Gasteiger partial charge in [0.15, 0.2) is 5.13 Å². The number of nitrogens with zero attached hydrogens (tertiary/aromatic N) is 1. The number of thiazole rings is 1. The Kier molecular flexibility index (Phi) is 5.48. The first-order chi connectivity index (χ1) is 12.8. The molecule has 0 fully saturated rings. The molecule has 0 saturated heterocycles. The van der Waals surface area contributed by atoms with E-state index in [0.717, 1.165) is 16.7 Å². The van der Waals surface area contributed by atoms with E-state index in [0.29, 0.717) is 16.3 Å². The third-order valence-electron chi connectivity index (χ3n) is 4.04. The number of nitrogens with one attached hydrogen (secondary N) is 2. The number of sulfonamides is 1. The Bertz CT molecular complexity index is 1070. The Morgan fingerprint density at radius 1 is 1.15 bits per heavy atom. The van der Waals surface area contributed by atoms with Gasteiger partial charge in [-0.1, -0.05) is 44.2 Å². The molecule has 1 aromatic heterocycles. The van der Waals surface area contributed by atoms with E-state index in [2.05, 4.69) is 15.0 Å². The van der Waals surface area contributed by atoms with Crippen LogP contribution in [0.4, 0.5) is 10.8 Å². The molecule has 0 radical (unpaired) electrons. The number of carbonyl (C=O) groups is 1. The van der Waals surface area contributed by atoms with E-state index >= 15 is 0 Å². The third kappa shape index (κ3) is 4.45. The number of benzene rings is 2. The Morgan fingerprint density at radius 3 is 2.48 bits per heavy atom. The minimum absolute atomic E-state index is 0.106. The average molecular weight is 404 g/mol. The Balaban J connectivity index is 1.83. The molecule has 8 heteroatoms. The summed E-state index contributed by atoms with van der Waals surface area (Å²) in [6.07, 6.45) is 0.851. The number of aromatic nitrogens is 1. The van der Waals surface area contributed by atoms with Crippen molar-refractivity contribution < 1.29 is 13.2 Å². The van der Waals surface area contributed by atoms with E-state index in [4.69, 9.17) is 0 Å². The van der Waals surface area contributed by atoms with Crippen molar-refractivity contribution in [1.29, 1.82) is 0 Å². The van der Waals surface area contributed by atoms with E-state index in [1.165, 1.54) is 11.3 Å². The van der Waals surface area contributed by atoms with Crippen LogP contribution < -0.4 is 10.0 Å². The fourth-order valence-electron chi connectivity index (χ4n) is 2.41. The third-order valence-corrected chi connectivity index (χ3v) is 6.39. The van der Waals surface area contributed by atoms with Crippen molar-refractivity contribution in [3.63, 3.8) is 0 Å². The highest BCUT2D eigenvalue weighted by molar-refractivity contribution is 7.92. The van der Waals surface area contributed by atoms with Gasteiger partial charge in [0.2, 0.25) is 5.91 Å². The molecule has 0 aliphatic heterocycles. The van der Waals surface area contributed by atoms with Crippen LogP contribution in [0.5, 0.6) is 0 Å². The molecule has 1 amide bonds. The van der Waals surface area contributed by atoms with Gasteiger partial charge in [-0.15, -0.1) is 0 Å². The molecule has 0 saturated carbocycles. The average Bonchev–Trinajstić information content (AvgIpc) is 3.02. The number of carbonyl (C=O) groups excluding carboxylic acids is 1. The highest BCUT2D eigenvalue weighted by Gasteiger charge is 2.15. The summed E-state index contributed by atoms with van der Waals surface area (Å²) in [6.45, 7) is 5.63. The molecule has 0 aliphatic carbocycles. The summed E-state index contributed by atoms with van der Waals surface area (Å²) in [5, 5.41) is 3.26. The molecule has 0 atom stereocenters. The number of hydrogen-bond donors (Lipinski definition) is 2. The molecule has 2 aromatic carbocycles. The molecule has 0 unspecified atom stereocenters. The maximum Gasteiger partial charge on any atom is 0.261 e. The van der Waals surface area contributed by atoms with E-state index in [-0.39, 0.29) is 16.7 Å². The topological polar surface area (TPSA) is 88.2 Å². The molecular formula is C19H21N3O3S2. The maximum absolute atomic E-state index is 12.6. The predicted molar refractivity (Wildman–Crippen MR) is 110 cm³/mol. The smallest absolute Gasteiger partial charge is 0.261 e. The first kappa shape index (κ1) is 19.3. The monoisotopic (exact) mass is 403 g/mol. The minimum Gasteiger partial charge on any atom is -0.302 e. The summed E-state index contributed by atoms with van der Waals surface area (Å²) in [7, 11) is -3.67. The van der Waals surface area contributed by atoms with Crippen molar-refractivity contribution in [3.8, 4) is 0 Å². The molecule has 0 spiro atoms. The van der Waals surface area contributed by atoms with E-state index < -0.39 is 10.0 Å². The highest BCUT2D eigenvalue weighted by Crippen LogP contribution is 2.29. The largest absolute Gasteiger partial charge is 0.302 e. The number of amides is 1. The number of fused-ring (bicyclic) bond motifs is 1. The van der Waals surface area contributed by atoms with Gasteiger partial charge >= 0.3 is 0 Å². The summed E-state index contributed by atoms with van der Waals surface area (Å²) >= 11 is 1.35. The van der Waals surface area contributed by atoms with Gasteiger partial charge in [0.1, 0.15) is 0 Å². The van der Waals surface area contributed by atoms with E-state index in [1.807, 2.05) is 32.9 Å². The zero-order valence-electron chi connectivity index (χ0n) is 15.3. The number of hydrogen-bond acceptors (Lipinski definition) is 5. The standard InChI is InChI=1S/C19H21N3O3S2/c1-4-13-5-8-15(9-6-13)27(24,25)22-14-7-10-17-16(11-14)20-19(26-17)21-18(23)12(2)3/h5-12,22H,4H2,1-3H3,(H,20,21,23). The zero-order chi connectivity index (χ0) is 19.6. The van der Waals surface area contributed by atoms with Gasteiger partial charge < -0.3 is 5.32 Å². The minimum atomic E-state index is -3.67. The Hall–Kier alpha value is -2.45. The normalized spacial score (nSPS) is 11.7. The predicted octanol–water partition coefficient (Wildman–Crippen LogP) is 4.25. The van der Waals surface area contributed by atoms with Crippen LogP contribution in [-0.4, -0.2) is 19.3 Å². The lowest BCUT2D eigenvalue weighted by atomic mass is 10.2. The molecule has 3 aromatic rings. The fraction of sp³-hybridized carbons (Fsp3) is 0.263. The lowest BCUT2D eigenvalue weighted by molar-refractivity contribution is -0.118. The van der Waals surface area contributed by atoms with Gasteiger partial charge in [-0.3, -0.25) is 9.52 Å². The van der Waals surface area contributed by atoms with E-state index in [1.54, 1.807) is 30.3 Å². The van der Waals surface area contributed by atoms with Crippen molar-refractivity contribution in [3.05, 3.63) is 48.0 Å². The van der Waals surface area contributed by atoms with Crippen LogP contribution in [0.15, 0.2) is 47.4 Å². The van der Waals surface area contributed by atoms with Gasteiger partial charge in [-0.2, -0.15) is 0 Å². The van der Waals surface area contributed by atoms with Crippen LogP contribution in [0.2, 0.25) is 0 Å². The molecule has 1 heterocycles. The van der Waals surface area contributed by atoms with Gasteiger partial charge in [0.25, 0.3) is 10.0 Å². The molecule has 2 N–H and O–H groups in total. The van der Waals surface area contributed by atoms with Gasteiger partial charge in [0, 0.05) is 5.92 Å². The summed E-state index contributed by atoms with van der Waals surface area (Å²) in [5.41, 5.74) is 2.13. The second-order valence-electron chi connectivity index (χ2n) is 6.45. The summed E-state index contributed by atoms with van der Waals surface area (Å²) in [6, 6.07) is 11.9. The Labute approximate surface area is 162 Å². The van der Waals surface area contributed by atoms with Crippen molar-refractivity contribution in [1.82, 2.24) is 4.98 Å². The second-order valence-corrected chi connectivity index (χ2v) is 9.16. The SMILES string of the molecule is CCc1ccc(S(=O)(=O)Nc2ccc3sc(NC(=O)C(C)C)nc3c2)cc1. The molecule has 6 nitrogen and oxygen atoms in total. The van der Waals surface area contributed by atoms with Crippen molar-refractivity contribution >= 4 is 48.3 Å². The molecule has 0 bridgehead atoms. The Morgan fingerprint density at radius 2 is 1.85 bits per heavy atom. The number of rotatable bonds is 6. The van der Waals surface area contributed by atoms with Crippen molar-refractivity contribution in [2.24, 2.45) is 5.92 Å². The number of anilines is 2. The molecule has 27 heavy (non-hydrogen) atoms. The van der Waals surface area contributed by atoms with Crippen LogP contribution in [0.3, 0.4) is 0 Å². The van der Waals surface area contributed by atoms with Gasteiger partial charge in [-0.05, 0) is 42.3 Å². The quantitative estimate of drug-likeness (QED) is 0.644. The van der Waals surface area contributed by atoms with E-state index in [9.17, 15) is 13.2 Å². The first-order valence-electron chi connectivity index (χ1n) is 8.61. The lowest BCUT2D eigenvalue weighted by Crippen LogP contribution is -2.17. The van der Waals surface area contributed by atoms with Crippen LogP contribution in [0.1, 0.15) is 26.3 Å². The van der Waals surface area contributed by atoms with Gasteiger partial charge in [-0.25, -0.2) is 13.4 Å². The highest BCUT2D eigenvalue weighted by atomic mass is 32.2. The van der Waals surface area contributed by atoms with Crippen LogP contribution in [0.25, 0.3) is 10.2 Å². The van der Waals surface area contributed by atoms with Crippen LogP contribution >= 0.6 is 11.3 Å².